The minimum atomic E-state index is -0.0147. The van der Waals surface area contributed by atoms with E-state index in [1.165, 1.54) is 41.3 Å². The summed E-state index contributed by atoms with van der Waals surface area (Å²) in [4.78, 5) is 9.68. The molecule has 23 heavy (non-hydrogen) atoms. The van der Waals surface area contributed by atoms with Crippen LogP contribution in [0.4, 0.5) is 0 Å². The fraction of sp³-hybridized carbons (Fsp3) is 0.421. The molecule has 0 radical (unpaired) electrons. The predicted molar refractivity (Wildman–Crippen MR) is 91.0 cm³/mol. The van der Waals surface area contributed by atoms with Crippen LogP contribution < -0.4 is 4.74 Å². The maximum Gasteiger partial charge on any atom is 0.218 e. The van der Waals surface area contributed by atoms with E-state index in [-0.39, 0.29) is 5.60 Å². The number of hydrogen-bond donors (Lipinski definition) is 0. The average molecular weight is 324 g/mol. The highest BCUT2D eigenvalue weighted by atomic mass is 32.2. The van der Waals surface area contributed by atoms with E-state index in [1.54, 1.807) is 0 Å². The molecule has 4 aliphatic heterocycles. The number of rotatable bonds is 2. The first kappa shape index (κ1) is 13.9. The molecule has 2 bridgehead atoms. The van der Waals surface area contributed by atoms with E-state index < -0.39 is 0 Å². The first-order valence-corrected chi connectivity index (χ1v) is 9.26. The zero-order valence-electron chi connectivity index (χ0n) is 13.1. The Morgan fingerprint density at radius 1 is 1.13 bits per heavy atom. The molecule has 5 heterocycles. The number of nitrogens with zero attached hydrogens (tertiary/aromatic N) is 2. The quantitative estimate of drug-likeness (QED) is 0.842. The fourth-order valence-corrected chi connectivity index (χ4v) is 5.35. The van der Waals surface area contributed by atoms with Crippen LogP contribution in [0.5, 0.6) is 5.88 Å². The maximum absolute atomic E-state index is 6.48. The van der Waals surface area contributed by atoms with Gasteiger partial charge in [-0.3, -0.25) is 4.90 Å². The Morgan fingerprint density at radius 3 is 2.70 bits per heavy atom. The first-order valence-electron chi connectivity index (χ1n) is 8.45. The summed E-state index contributed by atoms with van der Waals surface area (Å²) in [6.07, 6.45) is 5.46. The normalized spacial score (nSPS) is 31.1. The Kier molecular flexibility index (Phi) is 3.17. The summed E-state index contributed by atoms with van der Waals surface area (Å²) < 4.78 is 6.48. The third kappa shape index (κ3) is 2.27. The lowest BCUT2D eigenvalue weighted by Gasteiger charge is -2.50. The molecule has 0 amide bonds. The molecule has 1 atom stereocenters. The molecule has 1 aromatic carbocycles. The van der Waals surface area contributed by atoms with Crippen LogP contribution in [-0.2, 0) is 6.42 Å². The average Bonchev–Trinajstić information content (AvgIpc) is 2.95. The first-order chi connectivity index (χ1) is 11.3. The lowest BCUT2D eigenvalue weighted by atomic mass is 9.73. The Balaban J connectivity index is 1.47. The number of piperidine rings is 3. The molecule has 1 unspecified atom stereocenters. The fourth-order valence-electron chi connectivity index (χ4n) is 4.39. The topological polar surface area (TPSA) is 25.4 Å². The van der Waals surface area contributed by atoms with Crippen molar-refractivity contribution in [2.45, 2.75) is 34.7 Å². The molecule has 0 aliphatic carbocycles. The summed E-state index contributed by atoms with van der Waals surface area (Å²) >= 11 is 1.83. The van der Waals surface area contributed by atoms with Crippen molar-refractivity contribution in [1.82, 2.24) is 9.88 Å². The summed E-state index contributed by atoms with van der Waals surface area (Å²) in [7, 11) is 0. The molecule has 3 fully saturated rings. The summed E-state index contributed by atoms with van der Waals surface area (Å²) in [6, 6.07) is 12.7. The van der Waals surface area contributed by atoms with Gasteiger partial charge in [-0.1, -0.05) is 30.0 Å². The van der Waals surface area contributed by atoms with Gasteiger partial charge < -0.3 is 4.74 Å². The summed E-state index contributed by atoms with van der Waals surface area (Å²) in [6.45, 7) is 3.56. The Hall–Kier alpha value is -1.52. The SMILES string of the molecule is c1ccc(Sc2ccnc3c2CC2(CN4CCC2CC4)O3)cc1. The molecule has 118 valence electrons. The predicted octanol–water partition coefficient (Wildman–Crippen LogP) is 3.63. The molecule has 2 aromatic rings. The van der Waals surface area contributed by atoms with Crippen LogP contribution in [0.3, 0.4) is 0 Å². The van der Waals surface area contributed by atoms with Gasteiger partial charge in [-0.05, 0) is 44.1 Å². The largest absolute Gasteiger partial charge is 0.469 e. The molecule has 1 aromatic heterocycles. The highest BCUT2D eigenvalue weighted by Crippen LogP contribution is 2.48. The van der Waals surface area contributed by atoms with Gasteiger partial charge in [0.05, 0.1) is 0 Å². The van der Waals surface area contributed by atoms with Crippen LogP contribution in [0.15, 0.2) is 52.4 Å². The van der Waals surface area contributed by atoms with Crippen LogP contribution in [0.2, 0.25) is 0 Å². The molecule has 1 spiro atoms. The Labute approximate surface area is 141 Å². The molecule has 0 N–H and O–H groups in total. The van der Waals surface area contributed by atoms with E-state index in [2.05, 4.69) is 46.3 Å². The molecular weight excluding hydrogens is 304 g/mol. The molecule has 6 rings (SSSR count). The summed E-state index contributed by atoms with van der Waals surface area (Å²) in [5.74, 6) is 1.57. The number of benzene rings is 1. The van der Waals surface area contributed by atoms with Crippen molar-refractivity contribution in [3.05, 3.63) is 48.2 Å². The minimum absolute atomic E-state index is 0.0147. The van der Waals surface area contributed by atoms with Crippen molar-refractivity contribution in [1.29, 1.82) is 0 Å². The van der Waals surface area contributed by atoms with Gasteiger partial charge >= 0.3 is 0 Å². The molecule has 4 heteroatoms. The zero-order chi connectivity index (χ0) is 15.3. The van der Waals surface area contributed by atoms with E-state index in [1.807, 2.05) is 18.0 Å². The monoisotopic (exact) mass is 324 g/mol. The van der Waals surface area contributed by atoms with Gasteiger partial charge in [0.2, 0.25) is 5.88 Å². The molecule has 4 aliphatic rings. The summed E-state index contributed by atoms with van der Waals surface area (Å²) in [5.41, 5.74) is 1.30. The molecule has 3 saturated heterocycles. The Bertz CT molecular complexity index is 727. The van der Waals surface area contributed by atoms with Crippen molar-refractivity contribution >= 4 is 11.8 Å². The van der Waals surface area contributed by atoms with Crippen molar-refractivity contribution in [3.8, 4) is 5.88 Å². The third-order valence-corrected chi connectivity index (χ3v) is 6.65. The van der Waals surface area contributed by atoms with Gasteiger partial charge in [0, 0.05) is 40.4 Å². The summed E-state index contributed by atoms with van der Waals surface area (Å²) in [5, 5.41) is 0. The number of hydrogen-bond acceptors (Lipinski definition) is 4. The molecular formula is C19H20N2OS. The highest BCUT2D eigenvalue weighted by Gasteiger charge is 2.52. The number of ether oxygens (including phenoxy) is 1. The van der Waals surface area contributed by atoms with Gasteiger partial charge in [0.1, 0.15) is 5.60 Å². The van der Waals surface area contributed by atoms with Crippen LogP contribution >= 0.6 is 11.8 Å². The number of pyridine rings is 1. The molecule has 0 saturated carbocycles. The van der Waals surface area contributed by atoms with Gasteiger partial charge in [-0.15, -0.1) is 0 Å². The second-order valence-electron chi connectivity index (χ2n) is 6.90. The zero-order valence-corrected chi connectivity index (χ0v) is 13.9. The van der Waals surface area contributed by atoms with Crippen LogP contribution in [-0.4, -0.2) is 35.1 Å². The standard InChI is InChI=1S/C19H20N2OS/c1-2-4-15(5-3-1)23-17-6-9-20-18-16(17)12-19(22-18)13-21-10-7-14(19)8-11-21/h1-6,9,14H,7-8,10-13H2. The lowest BCUT2D eigenvalue weighted by Crippen LogP contribution is -2.61. The second kappa shape index (κ2) is 5.25. The van der Waals surface area contributed by atoms with E-state index in [0.717, 1.165) is 18.8 Å². The lowest BCUT2D eigenvalue weighted by molar-refractivity contribution is -0.0814. The second-order valence-corrected chi connectivity index (χ2v) is 8.02. The van der Waals surface area contributed by atoms with Crippen molar-refractivity contribution in [2.75, 3.05) is 19.6 Å². The van der Waals surface area contributed by atoms with Gasteiger partial charge in [0.25, 0.3) is 0 Å². The third-order valence-electron chi connectivity index (χ3n) is 5.54. The maximum atomic E-state index is 6.48. The van der Waals surface area contributed by atoms with Crippen LogP contribution in [0.25, 0.3) is 0 Å². The van der Waals surface area contributed by atoms with Crippen LogP contribution in [0, 0.1) is 5.92 Å². The van der Waals surface area contributed by atoms with Gasteiger partial charge in [-0.25, -0.2) is 4.98 Å². The molecule has 3 nitrogen and oxygen atoms in total. The van der Waals surface area contributed by atoms with E-state index in [9.17, 15) is 0 Å². The highest BCUT2D eigenvalue weighted by molar-refractivity contribution is 7.99. The smallest absolute Gasteiger partial charge is 0.218 e. The number of fused-ring (bicyclic) bond motifs is 3. The van der Waals surface area contributed by atoms with E-state index in [4.69, 9.17) is 4.74 Å². The van der Waals surface area contributed by atoms with Crippen molar-refractivity contribution < 1.29 is 4.74 Å². The van der Waals surface area contributed by atoms with Crippen molar-refractivity contribution in [2.24, 2.45) is 5.92 Å². The van der Waals surface area contributed by atoms with E-state index in [0.29, 0.717) is 5.92 Å². The van der Waals surface area contributed by atoms with Crippen LogP contribution in [0.1, 0.15) is 18.4 Å². The Morgan fingerprint density at radius 2 is 1.96 bits per heavy atom. The minimum Gasteiger partial charge on any atom is -0.469 e. The van der Waals surface area contributed by atoms with Gasteiger partial charge in [0.15, 0.2) is 0 Å². The van der Waals surface area contributed by atoms with Crippen molar-refractivity contribution in [3.63, 3.8) is 0 Å². The number of aromatic nitrogens is 1. The van der Waals surface area contributed by atoms with Gasteiger partial charge in [-0.2, -0.15) is 0 Å². The van der Waals surface area contributed by atoms with E-state index >= 15 is 0 Å².